The maximum absolute atomic E-state index is 2.32. The van der Waals surface area contributed by atoms with Gasteiger partial charge in [-0.1, -0.05) is 12.8 Å². The fourth-order valence-electron chi connectivity index (χ4n) is 2.69. The third-order valence-electron chi connectivity index (χ3n) is 3.57. The van der Waals surface area contributed by atoms with Crippen molar-refractivity contribution in [2.45, 2.75) is 45.4 Å². The summed E-state index contributed by atoms with van der Waals surface area (Å²) in [7, 11) is 0. The number of hydrogen-bond donors (Lipinski definition) is 0. The van der Waals surface area contributed by atoms with Gasteiger partial charge in [0, 0.05) is 14.3 Å². The van der Waals surface area contributed by atoms with E-state index in [0.29, 0.717) is 0 Å². The molecule has 80 valence electrons. The van der Waals surface area contributed by atoms with Crippen molar-refractivity contribution < 1.29 is 0 Å². The van der Waals surface area contributed by atoms with E-state index in [2.05, 4.69) is 30.6 Å². The summed E-state index contributed by atoms with van der Waals surface area (Å²) in [5.41, 5.74) is 3.06. The van der Waals surface area contributed by atoms with E-state index >= 15 is 0 Å². The molecule has 0 atom stereocenters. The molecule has 2 aromatic rings. The molecule has 0 aliphatic heterocycles. The van der Waals surface area contributed by atoms with Gasteiger partial charge in [0.25, 0.3) is 0 Å². The average molecular weight is 236 g/mol. The van der Waals surface area contributed by atoms with Crippen LogP contribution in [0.2, 0.25) is 0 Å². The van der Waals surface area contributed by atoms with E-state index in [9.17, 15) is 0 Å². The van der Waals surface area contributed by atoms with Gasteiger partial charge in [-0.15, -0.1) is 22.7 Å². The van der Waals surface area contributed by atoms with E-state index in [4.69, 9.17) is 0 Å². The molecule has 0 aromatic carbocycles. The first-order valence-electron chi connectivity index (χ1n) is 5.74. The van der Waals surface area contributed by atoms with Crippen LogP contribution in [0.25, 0.3) is 9.40 Å². The normalized spacial score (nSPS) is 18.0. The molecule has 1 saturated carbocycles. The van der Waals surface area contributed by atoms with Gasteiger partial charge in [0.1, 0.15) is 0 Å². The first kappa shape index (κ1) is 9.86. The lowest BCUT2D eigenvalue weighted by atomic mass is 10.0. The van der Waals surface area contributed by atoms with Crippen LogP contribution < -0.4 is 0 Å². The van der Waals surface area contributed by atoms with Crippen LogP contribution in [0.3, 0.4) is 0 Å². The van der Waals surface area contributed by atoms with E-state index < -0.39 is 0 Å². The highest BCUT2D eigenvalue weighted by Crippen LogP contribution is 2.45. The molecule has 1 aliphatic carbocycles. The van der Waals surface area contributed by atoms with Gasteiger partial charge in [0.15, 0.2) is 0 Å². The molecule has 0 bridgehead atoms. The summed E-state index contributed by atoms with van der Waals surface area (Å²) in [5, 5.41) is 2.30. The van der Waals surface area contributed by atoms with Gasteiger partial charge >= 0.3 is 0 Å². The number of fused-ring (bicyclic) bond motifs is 1. The fourth-order valence-corrected chi connectivity index (χ4v) is 5.41. The van der Waals surface area contributed by atoms with Crippen LogP contribution in [-0.2, 0) is 0 Å². The zero-order valence-corrected chi connectivity index (χ0v) is 10.9. The number of aryl methyl sites for hydroxylation is 2. The Bertz CT molecular complexity index is 484. The highest BCUT2D eigenvalue weighted by Gasteiger charge is 2.22. The van der Waals surface area contributed by atoms with Crippen molar-refractivity contribution in [3.8, 4) is 0 Å². The third kappa shape index (κ3) is 1.46. The Labute approximate surface area is 98.9 Å². The molecule has 2 heteroatoms. The third-order valence-corrected chi connectivity index (χ3v) is 6.50. The molecule has 0 unspecified atom stereocenters. The first-order chi connectivity index (χ1) is 7.27. The maximum atomic E-state index is 2.32. The minimum atomic E-state index is 0.883. The van der Waals surface area contributed by atoms with Gasteiger partial charge in [-0.05, 0) is 49.1 Å². The maximum Gasteiger partial charge on any atom is 0.0485 e. The predicted molar refractivity (Wildman–Crippen MR) is 70.4 cm³/mol. The van der Waals surface area contributed by atoms with Gasteiger partial charge < -0.3 is 0 Å². The molecule has 0 nitrogen and oxygen atoms in total. The summed E-state index contributed by atoms with van der Waals surface area (Å²) >= 11 is 4.00. The van der Waals surface area contributed by atoms with E-state index in [1.165, 1.54) is 31.2 Å². The Kier molecular flexibility index (Phi) is 2.37. The second-order valence-electron chi connectivity index (χ2n) is 4.65. The lowest BCUT2D eigenvalue weighted by Gasteiger charge is -2.06. The Hall–Kier alpha value is -0.340. The summed E-state index contributed by atoms with van der Waals surface area (Å²) in [5.74, 6) is 0.883. The van der Waals surface area contributed by atoms with Crippen LogP contribution in [0, 0.1) is 13.8 Å². The van der Waals surface area contributed by atoms with Gasteiger partial charge in [0.05, 0.1) is 0 Å². The van der Waals surface area contributed by atoms with Gasteiger partial charge in [0.2, 0.25) is 0 Å². The van der Waals surface area contributed by atoms with E-state index in [-0.39, 0.29) is 0 Å². The van der Waals surface area contributed by atoms with Crippen LogP contribution in [0.1, 0.15) is 47.6 Å². The first-order valence-corrected chi connectivity index (χ1v) is 7.44. The van der Waals surface area contributed by atoms with Crippen LogP contribution in [-0.4, -0.2) is 0 Å². The molecule has 0 radical (unpaired) electrons. The topological polar surface area (TPSA) is 0 Å². The quantitative estimate of drug-likeness (QED) is 0.635. The summed E-state index contributed by atoms with van der Waals surface area (Å²) in [4.78, 5) is 1.69. The molecule has 0 N–H and O–H groups in total. The predicted octanol–water partition coefficient (Wildman–Crippen LogP) is 5.24. The van der Waals surface area contributed by atoms with Crippen molar-refractivity contribution in [3.05, 3.63) is 21.4 Å². The summed E-state index contributed by atoms with van der Waals surface area (Å²) in [6, 6.07) is 0. The Morgan fingerprint density at radius 1 is 1.13 bits per heavy atom. The number of hydrogen-bond acceptors (Lipinski definition) is 2. The highest BCUT2D eigenvalue weighted by atomic mass is 32.1. The number of rotatable bonds is 1. The molecule has 0 saturated heterocycles. The SMILES string of the molecule is Cc1csc2c(C)c(C3CCCC3)sc12. The number of thiophene rings is 2. The monoisotopic (exact) mass is 236 g/mol. The van der Waals surface area contributed by atoms with Crippen molar-refractivity contribution in [1.82, 2.24) is 0 Å². The molecule has 2 heterocycles. The van der Waals surface area contributed by atoms with E-state index in [0.717, 1.165) is 5.92 Å². The summed E-state index contributed by atoms with van der Waals surface area (Å²) in [6.45, 7) is 4.57. The highest BCUT2D eigenvalue weighted by molar-refractivity contribution is 7.27. The average Bonchev–Trinajstić information content (AvgIpc) is 2.87. The van der Waals surface area contributed by atoms with Crippen LogP contribution in [0.4, 0.5) is 0 Å². The molecular formula is C13H16S2. The molecule has 2 aromatic heterocycles. The standard InChI is InChI=1S/C13H16S2/c1-8-7-14-13-9(2)12(15-11(8)13)10-5-3-4-6-10/h7,10H,3-6H2,1-2H3. The smallest absolute Gasteiger partial charge is 0.0485 e. The van der Waals surface area contributed by atoms with Crippen molar-refractivity contribution in [1.29, 1.82) is 0 Å². The molecule has 1 fully saturated rings. The lowest BCUT2D eigenvalue weighted by molar-refractivity contribution is 0.734. The van der Waals surface area contributed by atoms with Crippen molar-refractivity contribution in [3.63, 3.8) is 0 Å². The Balaban J connectivity index is 2.14. The molecule has 0 amide bonds. The fraction of sp³-hybridized carbons (Fsp3) is 0.538. The zero-order chi connectivity index (χ0) is 10.4. The summed E-state index contributed by atoms with van der Waals surface area (Å²) < 4.78 is 3.11. The van der Waals surface area contributed by atoms with Gasteiger partial charge in [-0.25, -0.2) is 0 Å². The molecular weight excluding hydrogens is 220 g/mol. The molecule has 0 spiro atoms. The van der Waals surface area contributed by atoms with E-state index in [1.807, 2.05) is 11.3 Å². The largest absolute Gasteiger partial charge is 0.142 e. The minimum Gasteiger partial charge on any atom is -0.142 e. The van der Waals surface area contributed by atoms with E-state index in [1.54, 1.807) is 19.8 Å². The molecule has 15 heavy (non-hydrogen) atoms. The lowest BCUT2D eigenvalue weighted by Crippen LogP contribution is -1.89. The van der Waals surface area contributed by atoms with Gasteiger partial charge in [-0.3, -0.25) is 0 Å². The zero-order valence-electron chi connectivity index (χ0n) is 9.30. The molecule has 3 rings (SSSR count). The van der Waals surface area contributed by atoms with Crippen LogP contribution >= 0.6 is 22.7 Å². The van der Waals surface area contributed by atoms with Crippen LogP contribution in [0.5, 0.6) is 0 Å². The Morgan fingerprint density at radius 2 is 1.87 bits per heavy atom. The second-order valence-corrected chi connectivity index (χ2v) is 6.58. The summed E-state index contributed by atoms with van der Waals surface area (Å²) in [6.07, 6.45) is 5.73. The van der Waals surface area contributed by atoms with Crippen LogP contribution in [0.15, 0.2) is 5.38 Å². The molecule has 1 aliphatic rings. The Morgan fingerprint density at radius 3 is 2.53 bits per heavy atom. The van der Waals surface area contributed by atoms with Gasteiger partial charge in [-0.2, -0.15) is 0 Å². The van der Waals surface area contributed by atoms with Crippen molar-refractivity contribution in [2.75, 3.05) is 0 Å². The minimum absolute atomic E-state index is 0.883. The van der Waals surface area contributed by atoms with Crippen molar-refractivity contribution >= 4 is 32.1 Å². The second kappa shape index (κ2) is 3.60. The van der Waals surface area contributed by atoms with Crippen molar-refractivity contribution in [2.24, 2.45) is 0 Å².